The number of nitrogens with zero attached hydrogens (tertiary/aromatic N) is 1. The van der Waals surface area contributed by atoms with Crippen LogP contribution in [-0.2, 0) is 16.0 Å². The molecule has 4 nitrogen and oxygen atoms in total. The highest BCUT2D eigenvalue weighted by molar-refractivity contribution is 5.78. The summed E-state index contributed by atoms with van der Waals surface area (Å²) < 4.78 is 0. The Balaban J connectivity index is 1.95. The molecule has 0 unspecified atom stereocenters. The van der Waals surface area contributed by atoms with Gasteiger partial charge in [-0.1, -0.05) is 43.2 Å². The third kappa shape index (κ3) is 8.45. The van der Waals surface area contributed by atoms with Gasteiger partial charge in [-0.2, -0.15) is 0 Å². The molecule has 0 saturated carbocycles. The molecule has 0 heterocycles. The van der Waals surface area contributed by atoms with Gasteiger partial charge in [-0.3, -0.25) is 9.59 Å². The summed E-state index contributed by atoms with van der Waals surface area (Å²) in [6.45, 7) is 0.434. The number of carbonyl (C=O) groups excluding carboxylic acids is 2. The Kier molecular flexibility index (Phi) is 8.96. The quantitative estimate of drug-likeness (QED) is 0.676. The molecule has 0 aliphatic carbocycles. The van der Waals surface area contributed by atoms with Crippen LogP contribution in [0, 0.1) is 0 Å². The van der Waals surface area contributed by atoms with Crippen LogP contribution >= 0.6 is 0 Å². The summed E-state index contributed by atoms with van der Waals surface area (Å²) in [6.07, 6.45) is 6.36. The Labute approximate surface area is 133 Å². The zero-order valence-corrected chi connectivity index (χ0v) is 13.8. The maximum atomic E-state index is 11.6. The van der Waals surface area contributed by atoms with Gasteiger partial charge in [0.1, 0.15) is 0 Å². The molecule has 0 aliphatic heterocycles. The van der Waals surface area contributed by atoms with Gasteiger partial charge in [0.25, 0.3) is 0 Å². The van der Waals surface area contributed by atoms with Crippen molar-refractivity contribution < 1.29 is 9.59 Å². The van der Waals surface area contributed by atoms with Crippen LogP contribution in [0.2, 0.25) is 0 Å². The molecule has 0 fully saturated rings. The maximum Gasteiger partial charge on any atom is 0.223 e. The lowest BCUT2D eigenvalue weighted by Crippen LogP contribution is -2.29. The lowest BCUT2D eigenvalue weighted by Gasteiger charge is -2.10. The van der Waals surface area contributed by atoms with Gasteiger partial charge >= 0.3 is 0 Å². The second-order valence-corrected chi connectivity index (χ2v) is 5.79. The number of nitrogens with one attached hydrogen (secondary N) is 1. The number of amides is 2. The van der Waals surface area contributed by atoms with Crippen molar-refractivity contribution in [3.8, 4) is 0 Å². The molecule has 122 valence electrons. The van der Waals surface area contributed by atoms with Gasteiger partial charge in [0.15, 0.2) is 0 Å². The standard InChI is InChI=1S/C18H28N2O2/c1-20(2)18(22)14-15-19-17(21)13-9-4-3-6-10-16-11-7-5-8-12-16/h5,7-8,11-12H,3-4,6,9-10,13-15H2,1-2H3,(H,19,21). The van der Waals surface area contributed by atoms with E-state index in [2.05, 4.69) is 29.6 Å². The lowest BCUT2D eigenvalue weighted by atomic mass is 10.1. The smallest absolute Gasteiger partial charge is 0.223 e. The van der Waals surface area contributed by atoms with E-state index in [1.54, 1.807) is 19.0 Å². The van der Waals surface area contributed by atoms with Crippen LogP contribution in [0.3, 0.4) is 0 Å². The van der Waals surface area contributed by atoms with Crippen LogP contribution in [0.4, 0.5) is 0 Å². The van der Waals surface area contributed by atoms with E-state index >= 15 is 0 Å². The monoisotopic (exact) mass is 304 g/mol. The van der Waals surface area contributed by atoms with Gasteiger partial charge in [-0.05, 0) is 24.8 Å². The number of rotatable bonds is 10. The van der Waals surface area contributed by atoms with Crippen molar-refractivity contribution in [1.82, 2.24) is 10.2 Å². The normalized spacial score (nSPS) is 10.3. The van der Waals surface area contributed by atoms with Crippen molar-refractivity contribution in [2.45, 2.75) is 44.9 Å². The molecule has 22 heavy (non-hydrogen) atoms. The van der Waals surface area contributed by atoms with Crippen molar-refractivity contribution in [1.29, 1.82) is 0 Å². The Hall–Kier alpha value is -1.84. The number of aryl methyl sites for hydroxylation is 1. The highest BCUT2D eigenvalue weighted by Crippen LogP contribution is 2.08. The highest BCUT2D eigenvalue weighted by Gasteiger charge is 2.05. The molecule has 4 heteroatoms. The van der Waals surface area contributed by atoms with E-state index in [1.807, 2.05) is 6.07 Å². The first-order valence-electron chi connectivity index (χ1n) is 8.10. The molecular weight excluding hydrogens is 276 g/mol. The van der Waals surface area contributed by atoms with Crippen LogP contribution < -0.4 is 5.32 Å². The summed E-state index contributed by atoms with van der Waals surface area (Å²) in [5.74, 6) is 0.0934. The van der Waals surface area contributed by atoms with Crippen LogP contribution in [0.25, 0.3) is 0 Å². The fourth-order valence-corrected chi connectivity index (χ4v) is 2.23. The Bertz CT molecular complexity index is 444. The third-order valence-corrected chi connectivity index (χ3v) is 3.62. The van der Waals surface area contributed by atoms with Gasteiger partial charge in [0.2, 0.25) is 11.8 Å². The molecule has 0 bridgehead atoms. The van der Waals surface area contributed by atoms with E-state index < -0.39 is 0 Å². The highest BCUT2D eigenvalue weighted by atomic mass is 16.2. The molecule has 1 aromatic rings. The zero-order chi connectivity index (χ0) is 16.2. The molecule has 0 radical (unpaired) electrons. The van der Waals surface area contributed by atoms with Gasteiger partial charge in [0.05, 0.1) is 0 Å². The molecule has 1 aromatic carbocycles. The Morgan fingerprint density at radius 2 is 1.64 bits per heavy atom. The topological polar surface area (TPSA) is 49.4 Å². The summed E-state index contributed by atoms with van der Waals surface area (Å²) in [5, 5.41) is 2.80. The molecule has 1 N–H and O–H groups in total. The van der Waals surface area contributed by atoms with Crippen molar-refractivity contribution >= 4 is 11.8 Å². The minimum Gasteiger partial charge on any atom is -0.356 e. The summed E-state index contributed by atoms with van der Waals surface area (Å²) >= 11 is 0. The molecule has 0 aromatic heterocycles. The fraction of sp³-hybridized carbons (Fsp3) is 0.556. The van der Waals surface area contributed by atoms with E-state index in [1.165, 1.54) is 12.0 Å². The van der Waals surface area contributed by atoms with E-state index in [0.29, 0.717) is 19.4 Å². The number of unbranched alkanes of at least 4 members (excludes halogenated alkanes) is 3. The fourth-order valence-electron chi connectivity index (χ4n) is 2.23. The number of carbonyl (C=O) groups is 2. The molecule has 0 spiro atoms. The first kappa shape index (κ1) is 18.2. The van der Waals surface area contributed by atoms with Crippen LogP contribution in [-0.4, -0.2) is 37.4 Å². The average Bonchev–Trinajstić information content (AvgIpc) is 2.51. The molecule has 0 aliphatic rings. The van der Waals surface area contributed by atoms with Crippen molar-refractivity contribution in [3.63, 3.8) is 0 Å². The summed E-state index contributed by atoms with van der Waals surface area (Å²) in [4.78, 5) is 24.5. The van der Waals surface area contributed by atoms with Gasteiger partial charge in [0, 0.05) is 33.5 Å². The first-order chi connectivity index (χ1) is 10.6. The van der Waals surface area contributed by atoms with Crippen LogP contribution in [0.1, 0.15) is 44.1 Å². The molecule has 0 saturated heterocycles. The van der Waals surface area contributed by atoms with E-state index in [9.17, 15) is 9.59 Å². The second kappa shape index (κ2) is 10.8. The molecule has 1 rings (SSSR count). The predicted octanol–water partition coefficient (Wildman–Crippen LogP) is 2.77. The van der Waals surface area contributed by atoms with E-state index in [0.717, 1.165) is 25.7 Å². The largest absolute Gasteiger partial charge is 0.356 e. The van der Waals surface area contributed by atoms with Crippen molar-refractivity contribution in [2.24, 2.45) is 0 Å². The summed E-state index contributed by atoms with van der Waals surface area (Å²) in [6, 6.07) is 10.5. The number of benzene rings is 1. The van der Waals surface area contributed by atoms with E-state index in [4.69, 9.17) is 0 Å². The Morgan fingerprint density at radius 1 is 0.955 bits per heavy atom. The first-order valence-corrected chi connectivity index (χ1v) is 8.10. The Morgan fingerprint density at radius 3 is 2.32 bits per heavy atom. The summed E-state index contributed by atoms with van der Waals surface area (Å²) in [7, 11) is 3.44. The second-order valence-electron chi connectivity index (χ2n) is 5.79. The lowest BCUT2D eigenvalue weighted by molar-refractivity contribution is -0.128. The van der Waals surface area contributed by atoms with Crippen molar-refractivity contribution in [2.75, 3.05) is 20.6 Å². The molecule has 0 atom stereocenters. The molecule has 2 amide bonds. The average molecular weight is 304 g/mol. The minimum absolute atomic E-state index is 0.0428. The number of hydrogen-bond acceptors (Lipinski definition) is 2. The third-order valence-electron chi connectivity index (χ3n) is 3.62. The summed E-state index contributed by atoms with van der Waals surface area (Å²) in [5.41, 5.74) is 1.38. The molecular formula is C18H28N2O2. The van der Waals surface area contributed by atoms with E-state index in [-0.39, 0.29) is 11.8 Å². The zero-order valence-electron chi connectivity index (χ0n) is 13.8. The maximum absolute atomic E-state index is 11.6. The van der Waals surface area contributed by atoms with Gasteiger partial charge in [-0.15, -0.1) is 0 Å². The predicted molar refractivity (Wildman–Crippen MR) is 89.6 cm³/mol. The van der Waals surface area contributed by atoms with Crippen LogP contribution in [0.5, 0.6) is 0 Å². The SMILES string of the molecule is CN(C)C(=O)CCNC(=O)CCCCCCc1ccccc1. The van der Waals surface area contributed by atoms with Gasteiger partial charge < -0.3 is 10.2 Å². The van der Waals surface area contributed by atoms with Crippen LogP contribution in [0.15, 0.2) is 30.3 Å². The van der Waals surface area contributed by atoms with Crippen molar-refractivity contribution in [3.05, 3.63) is 35.9 Å². The van der Waals surface area contributed by atoms with Gasteiger partial charge in [-0.25, -0.2) is 0 Å². The number of hydrogen-bond donors (Lipinski definition) is 1. The minimum atomic E-state index is 0.0428.